The molecule has 2 heterocycles. The molecule has 8 heteroatoms. The Morgan fingerprint density at radius 1 is 0.944 bits per heavy atom. The highest BCUT2D eigenvalue weighted by Crippen LogP contribution is 2.46. The maximum absolute atomic E-state index is 13.3. The summed E-state index contributed by atoms with van der Waals surface area (Å²) in [6, 6.07) is 11.5. The molecule has 8 nitrogen and oxygen atoms in total. The van der Waals surface area contributed by atoms with Crippen LogP contribution in [0.5, 0.6) is 17.2 Å². The molecular weight excluding hydrogens is 456 g/mol. The van der Waals surface area contributed by atoms with Crippen LogP contribution < -0.4 is 19.5 Å². The molecule has 1 N–H and O–H groups in total. The minimum atomic E-state index is -0.506. The summed E-state index contributed by atoms with van der Waals surface area (Å²) >= 11 is 0. The molecule has 0 bridgehead atoms. The number of ketones is 1. The fourth-order valence-corrected chi connectivity index (χ4v) is 4.95. The zero-order valence-corrected chi connectivity index (χ0v) is 21.6. The van der Waals surface area contributed by atoms with Gasteiger partial charge < -0.3 is 19.5 Å². The van der Waals surface area contributed by atoms with E-state index in [2.05, 4.69) is 38.2 Å². The molecule has 5 rings (SSSR count). The van der Waals surface area contributed by atoms with Crippen molar-refractivity contribution >= 4 is 11.7 Å². The van der Waals surface area contributed by atoms with Crippen LogP contribution in [0, 0.1) is 0 Å². The minimum Gasteiger partial charge on any atom is -0.496 e. The van der Waals surface area contributed by atoms with Crippen LogP contribution in [-0.2, 0) is 10.2 Å². The molecule has 1 aliphatic heterocycles. The van der Waals surface area contributed by atoms with Crippen molar-refractivity contribution in [2.24, 2.45) is 0 Å². The lowest BCUT2D eigenvalue weighted by Gasteiger charge is -2.33. The first-order valence-corrected chi connectivity index (χ1v) is 12.2. The molecule has 188 valence electrons. The molecule has 0 amide bonds. The minimum absolute atomic E-state index is 0.0549. The Kier molecular flexibility index (Phi) is 5.98. The SMILES string of the molecule is COc1cc(OC)c(C2C3=C(CCCC3=O)Nc3nc(-c4ccc(C(C)(C)C)cc4)nn32)cc1OC. The van der Waals surface area contributed by atoms with E-state index in [4.69, 9.17) is 24.3 Å². The largest absolute Gasteiger partial charge is 0.496 e. The third-order valence-electron chi connectivity index (χ3n) is 6.91. The van der Waals surface area contributed by atoms with Crippen molar-refractivity contribution < 1.29 is 19.0 Å². The number of hydrogen-bond acceptors (Lipinski definition) is 7. The van der Waals surface area contributed by atoms with Gasteiger partial charge in [0.25, 0.3) is 0 Å². The zero-order chi connectivity index (χ0) is 25.6. The fraction of sp³-hybridized carbons (Fsp3) is 0.393. The average molecular weight is 489 g/mol. The molecule has 1 aromatic heterocycles. The molecule has 1 unspecified atom stereocenters. The van der Waals surface area contributed by atoms with Crippen LogP contribution in [0.1, 0.15) is 57.2 Å². The van der Waals surface area contributed by atoms with Gasteiger partial charge in [0.05, 0.1) is 21.3 Å². The summed E-state index contributed by atoms with van der Waals surface area (Å²) in [7, 11) is 4.78. The second-order valence-corrected chi connectivity index (χ2v) is 10.2. The third-order valence-corrected chi connectivity index (χ3v) is 6.91. The second-order valence-electron chi connectivity index (χ2n) is 10.2. The summed E-state index contributed by atoms with van der Waals surface area (Å²) in [5.41, 5.74) is 4.55. The Bertz CT molecular complexity index is 1350. The van der Waals surface area contributed by atoms with Crippen LogP contribution in [0.3, 0.4) is 0 Å². The molecule has 2 aromatic carbocycles. The van der Waals surface area contributed by atoms with Crippen LogP contribution in [0.2, 0.25) is 0 Å². The van der Waals surface area contributed by atoms with E-state index >= 15 is 0 Å². The first-order valence-electron chi connectivity index (χ1n) is 12.2. The van der Waals surface area contributed by atoms with Gasteiger partial charge in [-0.1, -0.05) is 45.0 Å². The van der Waals surface area contributed by atoms with E-state index in [0.717, 1.165) is 29.7 Å². The van der Waals surface area contributed by atoms with E-state index in [-0.39, 0.29) is 11.2 Å². The molecule has 0 fully saturated rings. The smallest absolute Gasteiger partial charge is 0.226 e. The lowest BCUT2D eigenvalue weighted by molar-refractivity contribution is -0.116. The summed E-state index contributed by atoms with van der Waals surface area (Å²) in [5, 5.41) is 8.29. The Morgan fingerprint density at radius 2 is 1.61 bits per heavy atom. The van der Waals surface area contributed by atoms with E-state index in [9.17, 15) is 4.79 Å². The Labute approximate surface area is 211 Å². The number of nitrogens with one attached hydrogen (secondary N) is 1. The number of Topliss-reactive ketones (excluding diaryl/α,β-unsaturated/α-hetero) is 1. The van der Waals surface area contributed by atoms with E-state index in [1.165, 1.54) is 5.56 Å². The molecule has 0 saturated heterocycles. The van der Waals surface area contributed by atoms with Crippen molar-refractivity contribution in [3.05, 3.63) is 58.8 Å². The monoisotopic (exact) mass is 488 g/mol. The lowest BCUT2D eigenvalue weighted by Crippen LogP contribution is -2.31. The highest BCUT2D eigenvalue weighted by molar-refractivity contribution is 5.99. The first kappa shape index (κ1) is 23.9. The van der Waals surface area contributed by atoms with Crippen molar-refractivity contribution in [1.29, 1.82) is 0 Å². The number of carbonyl (C=O) groups is 1. The van der Waals surface area contributed by atoms with E-state index in [1.807, 2.05) is 18.2 Å². The maximum Gasteiger partial charge on any atom is 0.226 e. The number of aromatic nitrogens is 3. The van der Waals surface area contributed by atoms with Crippen LogP contribution in [0.15, 0.2) is 47.7 Å². The third kappa shape index (κ3) is 4.00. The lowest BCUT2D eigenvalue weighted by atomic mass is 9.85. The van der Waals surface area contributed by atoms with Gasteiger partial charge in [0.15, 0.2) is 23.1 Å². The summed E-state index contributed by atoms with van der Waals surface area (Å²) in [5.74, 6) is 2.98. The van der Waals surface area contributed by atoms with Gasteiger partial charge in [0, 0.05) is 34.9 Å². The molecular formula is C28H32N4O4. The number of anilines is 1. The number of carbonyl (C=O) groups excluding carboxylic acids is 1. The summed E-state index contributed by atoms with van der Waals surface area (Å²) in [4.78, 5) is 18.1. The molecule has 1 atom stereocenters. The van der Waals surface area contributed by atoms with Gasteiger partial charge in [-0.3, -0.25) is 4.79 Å². The number of nitrogens with zero attached hydrogens (tertiary/aromatic N) is 3. The predicted molar refractivity (Wildman–Crippen MR) is 138 cm³/mol. The summed E-state index contributed by atoms with van der Waals surface area (Å²) in [6.07, 6.45) is 2.07. The van der Waals surface area contributed by atoms with Gasteiger partial charge in [-0.2, -0.15) is 4.98 Å². The number of hydrogen-bond donors (Lipinski definition) is 1. The van der Waals surface area contributed by atoms with Gasteiger partial charge in [0.1, 0.15) is 11.8 Å². The molecule has 0 saturated carbocycles. The average Bonchev–Trinajstić information content (AvgIpc) is 3.30. The molecule has 36 heavy (non-hydrogen) atoms. The number of ether oxygens (including phenoxy) is 3. The molecule has 0 radical (unpaired) electrons. The van der Waals surface area contributed by atoms with Crippen LogP contribution >= 0.6 is 0 Å². The van der Waals surface area contributed by atoms with Gasteiger partial charge in [-0.15, -0.1) is 5.10 Å². The van der Waals surface area contributed by atoms with Gasteiger partial charge in [0.2, 0.25) is 5.95 Å². The van der Waals surface area contributed by atoms with Gasteiger partial charge >= 0.3 is 0 Å². The van der Waals surface area contributed by atoms with Crippen LogP contribution in [-0.4, -0.2) is 41.9 Å². The van der Waals surface area contributed by atoms with E-state index in [0.29, 0.717) is 41.0 Å². The van der Waals surface area contributed by atoms with Crippen molar-refractivity contribution in [3.63, 3.8) is 0 Å². The number of allylic oxidation sites excluding steroid dienone is 2. The Balaban J connectivity index is 1.67. The molecule has 0 spiro atoms. The summed E-state index contributed by atoms with van der Waals surface area (Å²) < 4.78 is 18.6. The van der Waals surface area contributed by atoms with Gasteiger partial charge in [-0.25, -0.2) is 4.68 Å². The van der Waals surface area contributed by atoms with Crippen LogP contribution in [0.25, 0.3) is 11.4 Å². The van der Waals surface area contributed by atoms with E-state index in [1.54, 1.807) is 32.1 Å². The zero-order valence-electron chi connectivity index (χ0n) is 21.6. The quantitative estimate of drug-likeness (QED) is 0.522. The number of fused-ring (bicyclic) bond motifs is 1. The Morgan fingerprint density at radius 3 is 2.25 bits per heavy atom. The maximum atomic E-state index is 13.3. The van der Waals surface area contributed by atoms with Gasteiger partial charge in [-0.05, 0) is 29.9 Å². The number of methoxy groups -OCH3 is 3. The molecule has 3 aromatic rings. The Hall–Kier alpha value is -3.81. The predicted octanol–water partition coefficient (Wildman–Crippen LogP) is 5.29. The normalized spacial score (nSPS) is 17.3. The number of benzene rings is 2. The summed E-state index contributed by atoms with van der Waals surface area (Å²) in [6.45, 7) is 6.56. The second kappa shape index (κ2) is 9.00. The first-order chi connectivity index (χ1) is 17.2. The highest BCUT2D eigenvalue weighted by Gasteiger charge is 2.39. The topological polar surface area (TPSA) is 87.5 Å². The molecule has 2 aliphatic rings. The molecule has 1 aliphatic carbocycles. The fourth-order valence-electron chi connectivity index (χ4n) is 4.95. The van der Waals surface area contributed by atoms with Crippen molar-refractivity contribution in [1.82, 2.24) is 14.8 Å². The van der Waals surface area contributed by atoms with E-state index < -0.39 is 6.04 Å². The van der Waals surface area contributed by atoms with Crippen LogP contribution in [0.4, 0.5) is 5.95 Å². The van der Waals surface area contributed by atoms with Crippen molar-refractivity contribution in [2.75, 3.05) is 26.6 Å². The number of rotatable bonds is 5. The van der Waals surface area contributed by atoms with Crippen molar-refractivity contribution in [2.45, 2.75) is 51.5 Å². The highest BCUT2D eigenvalue weighted by atomic mass is 16.5. The standard InChI is InChI=1S/C28H32N4O4/c1-28(2,3)17-12-10-16(11-13-17)26-30-27-29-19-8-7-9-20(33)24(19)25(32(27)31-26)18-14-22(35-5)23(36-6)15-21(18)34-4/h10-15,25H,7-9H2,1-6H3,(H,29,30,31). The van der Waals surface area contributed by atoms with Crippen molar-refractivity contribution in [3.8, 4) is 28.6 Å².